The van der Waals surface area contributed by atoms with Gasteiger partial charge in [-0.15, -0.1) is 0 Å². The Kier molecular flexibility index (Phi) is 7.94. The van der Waals surface area contributed by atoms with E-state index in [-0.39, 0.29) is 18.9 Å². The summed E-state index contributed by atoms with van der Waals surface area (Å²) < 4.78 is 0. The summed E-state index contributed by atoms with van der Waals surface area (Å²) in [6.45, 7) is 3.28. The molecule has 0 spiro atoms. The first-order valence-corrected chi connectivity index (χ1v) is 9.85. The van der Waals surface area contributed by atoms with E-state index in [0.29, 0.717) is 17.8 Å². The summed E-state index contributed by atoms with van der Waals surface area (Å²) in [6, 6.07) is 3.54. The van der Waals surface area contributed by atoms with Gasteiger partial charge in [0.05, 0.1) is 11.4 Å². The van der Waals surface area contributed by atoms with Gasteiger partial charge in [0.2, 0.25) is 11.8 Å². The number of hydrogen-bond donors (Lipinski definition) is 5. The molecule has 4 amide bonds. The van der Waals surface area contributed by atoms with Gasteiger partial charge in [-0.3, -0.25) is 19.3 Å². The summed E-state index contributed by atoms with van der Waals surface area (Å²) in [4.78, 5) is 61.1. The molecule has 0 saturated heterocycles. The second kappa shape index (κ2) is 10.4. The van der Waals surface area contributed by atoms with Crippen molar-refractivity contribution >= 4 is 41.2 Å². The van der Waals surface area contributed by atoms with E-state index in [1.54, 1.807) is 38.1 Å². The third kappa shape index (κ3) is 6.17. The number of carbonyl (C=O) groups is 5. The fourth-order valence-corrected chi connectivity index (χ4v) is 3.11. The van der Waals surface area contributed by atoms with Crippen LogP contribution in [-0.2, 0) is 19.2 Å². The first-order chi connectivity index (χ1) is 14.6. The third-order valence-electron chi connectivity index (χ3n) is 5.05. The minimum absolute atomic E-state index is 0.242. The van der Waals surface area contributed by atoms with E-state index >= 15 is 0 Å². The molecule has 0 aliphatic carbocycles. The molecule has 0 fully saturated rings. The number of urea groups is 1. The van der Waals surface area contributed by atoms with Crippen LogP contribution >= 0.6 is 0 Å². The summed E-state index contributed by atoms with van der Waals surface area (Å²) in [5.41, 5.74) is 0.922. The second-order valence-electron chi connectivity index (χ2n) is 7.30. The molecular formula is C20H26N4O7. The summed E-state index contributed by atoms with van der Waals surface area (Å²) in [5.74, 6) is -4.04. The number of benzene rings is 1. The van der Waals surface area contributed by atoms with Crippen molar-refractivity contribution < 1.29 is 34.2 Å². The topological polar surface area (TPSA) is 165 Å². The van der Waals surface area contributed by atoms with E-state index in [2.05, 4.69) is 16.0 Å². The van der Waals surface area contributed by atoms with Crippen LogP contribution in [0.25, 0.3) is 0 Å². The summed E-state index contributed by atoms with van der Waals surface area (Å²) in [5, 5.41) is 25.6. The van der Waals surface area contributed by atoms with Crippen molar-refractivity contribution in [1.82, 2.24) is 10.6 Å². The maximum absolute atomic E-state index is 12.9. The number of rotatable bonds is 9. The highest BCUT2D eigenvalue weighted by atomic mass is 16.4. The normalized spacial score (nSPS) is 15.7. The standard InChI is InChI=1S/C20H26N4O7/c1-3-11(2)17(18(28)22-13(19(29)30)8-9-16(26)27)23-20(31)24-10-15(25)21-12-6-4-5-7-14(12)24/h4-7,11,13,17H,3,8-10H2,1-2H3,(H,21,25)(H,22,28)(H,23,31)(H,26,27)(H,29,30). The Morgan fingerprint density at radius 3 is 2.45 bits per heavy atom. The fraction of sp³-hybridized carbons (Fsp3) is 0.450. The predicted molar refractivity (Wildman–Crippen MR) is 111 cm³/mol. The maximum Gasteiger partial charge on any atom is 0.326 e. The molecule has 1 aromatic rings. The van der Waals surface area contributed by atoms with Gasteiger partial charge in [-0.2, -0.15) is 0 Å². The van der Waals surface area contributed by atoms with Crippen LogP contribution in [0, 0.1) is 5.92 Å². The Bertz CT molecular complexity index is 873. The number of carboxylic acid groups (broad SMARTS) is 2. The fourth-order valence-electron chi connectivity index (χ4n) is 3.11. The zero-order valence-corrected chi connectivity index (χ0v) is 17.3. The SMILES string of the molecule is CCC(C)C(NC(=O)N1CC(=O)Nc2ccccc21)C(=O)NC(CCC(=O)O)C(=O)O. The molecular weight excluding hydrogens is 408 g/mol. The Labute approximate surface area is 178 Å². The molecule has 2 rings (SSSR count). The van der Waals surface area contributed by atoms with Crippen LogP contribution in [0.15, 0.2) is 24.3 Å². The molecule has 0 radical (unpaired) electrons. The lowest BCUT2D eigenvalue weighted by Crippen LogP contribution is -2.57. The summed E-state index contributed by atoms with van der Waals surface area (Å²) in [6.07, 6.45) is -0.225. The third-order valence-corrected chi connectivity index (χ3v) is 5.05. The van der Waals surface area contributed by atoms with Gasteiger partial charge < -0.3 is 26.2 Å². The van der Waals surface area contributed by atoms with Crippen LogP contribution in [0.1, 0.15) is 33.1 Å². The van der Waals surface area contributed by atoms with Crippen LogP contribution in [-0.4, -0.2) is 58.6 Å². The number of para-hydroxylation sites is 2. The van der Waals surface area contributed by atoms with Gasteiger partial charge in [-0.05, 0) is 24.5 Å². The average molecular weight is 434 g/mol. The van der Waals surface area contributed by atoms with Crippen molar-refractivity contribution in [3.8, 4) is 0 Å². The van der Waals surface area contributed by atoms with Gasteiger partial charge in [0.25, 0.3) is 0 Å². The lowest BCUT2D eigenvalue weighted by molar-refractivity contribution is -0.143. The summed E-state index contributed by atoms with van der Waals surface area (Å²) >= 11 is 0. The number of anilines is 2. The van der Waals surface area contributed by atoms with Crippen molar-refractivity contribution in [3.63, 3.8) is 0 Å². The number of amides is 4. The number of hydrogen-bond acceptors (Lipinski definition) is 5. The highest BCUT2D eigenvalue weighted by Crippen LogP contribution is 2.29. The largest absolute Gasteiger partial charge is 0.481 e. The Hall–Kier alpha value is -3.63. The van der Waals surface area contributed by atoms with E-state index in [9.17, 15) is 29.1 Å². The van der Waals surface area contributed by atoms with Crippen LogP contribution in [0.5, 0.6) is 0 Å². The zero-order chi connectivity index (χ0) is 23.1. The predicted octanol–water partition coefficient (Wildman–Crippen LogP) is 1.00. The molecule has 11 heteroatoms. The number of aliphatic carboxylic acids is 2. The quantitative estimate of drug-likeness (QED) is 0.387. The lowest BCUT2D eigenvalue weighted by atomic mass is 9.97. The van der Waals surface area contributed by atoms with E-state index < -0.39 is 48.3 Å². The monoisotopic (exact) mass is 434 g/mol. The first kappa shape index (κ1) is 23.6. The van der Waals surface area contributed by atoms with Gasteiger partial charge in [-0.1, -0.05) is 32.4 Å². The summed E-state index contributed by atoms with van der Waals surface area (Å²) in [7, 11) is 0. The van der Waals surface area contributed by atoms with Crippen LogP contribution in [0.2, 0.25) is 0 Å². The van der Waals surface area contributed by atoms with Crippen molar-refractivity contribution in [2.24, 2.45) is 5.92 Å². The molecule has 5 N–H and O–H groups in total. The first-order valence-electron chi connectivity index (χ1n) is 9.85. The van der Waals surface area contributed by atoms with Crippen LogP contribution in [0.3, 0.4) is 0 Å². The van der Waals surface area contributed by atoms with Crippen LogP contribution < -0.4 is 20.9 Å². The van der Waals surface area contributed by atoms with E-state index in [1.165, 1.54) is 4.90 Å². The van der Waals surface area contributed by atoms with Gasteiger partial charge in [0.1, 0.15) is 18.6 Å². The van der Waals surface area contributed by atoms with E-state index in [1.807, 2.05) is 0 Å². The molecule has 1 heterocycles. The minimum Gasteiger partial charge on any atom is -0.481 e. The smallest absolute Gasteiger partial charge is 0.326 e. The molecule has 1 aromatic carbocycles. The molecule has 1 aliphatic heterocycles. The average Bonchev–Trinajstić information content (AvgIpc) is 2.72. The molecule has 31 heavy (non-hydrogen) atoms. The number of fused-ring (bicyclic) bond motifs is 1. The van der Waals surface area contributed by atoms with Crippen molar-refractivity contribution in [2.45, 2.75) is 45.2 Å². The Morgan fingerprint density at radius 1 is 1.16 bits per heavy atom. The zero-order valence-electron chi connectivity index (χ0n) is 17.3. The van der Waals surface area contributed by atoms with E-state index in [0.717, 1.165) is 0 Å². The number of carbonyl (C=O) groups excluding carboxylic acids is 3. The number of nitrogens with one attached hydrogen (secondary N) is 3. The molecule has 168 valence electrons. The molecule has 3 atom stereocenters. The van der Waals surface area contributed by atoms with Crippen molar-refractivity contribution in [3.05, 3.63) is 24.3 Å². The van der Waals surface area contributed by atoms with Gasteiger partial charge in [0, 0.05) is 6.42 Å². The lowest BCUT2D eigenvalue weighted by Gasteiger charge is -2.32. The van der Waals surface area contributed by atoms with Crippen LogP contribution in [0.4, 0.5) is 16.2 Å². The van der Waals surface area contributed by atoms with Gasteiger partial charge in [-0.25, -0.2) is 9.59 Å². The molecule has 0 saturated carbocycles. The Morgan fingerprint density at radius 2 is 1.84 bits per heavy atom. The minimum atomic E-state index is -1.41. The highest BCUT2D eigenvalue weighted by molar-refractivity contribution is 6.10. The molecule has 0 bridgehead atoms. The maximum atomic E-state index is 12.9. The number of nitrogens with zero attached hydrogens (tertiary/aromatic N) is 1. The second-order valence-corrected chi connectivity index (χ2v) is 7.30. The Balaban J connectivity index is 2.18. The molecule has 1 aliphatic rings. The van der Waals surface area contributed by atoms with E-state index in [4.69, 9.17) is 5.11 Å². The van der Waals surface area contributed by atoms with Gasteiger partial charge in [0.15, 0.2) is 0 Å². The van der Waals surface area contributed by atoms with Crippen molar-refractivity contribution in [2.75, 3.05) is 16.8 Å². The molecule has 11 nitrogen and oxygen atoms in total. The molecule has 3 unspecified atom stereocenters. The number of carboxylic acids is 2. The van der Waals surface area contributed by atoms with Crippen molar-refractivity contribution in [1.29, 1.82) is 0 Å². The highest BCUT2D eigenvalue weighted by Gasteiger charge is 2.33. The van der Waals surface area contributed by atoms with Gasteiger partial charge >= 0.3 is 18.0 Å². The molecule has 0 aromatic heterocycles.